The first-order valence-corrected chi connectivity index (χ1v) is 7.81. The van der Waals surface area contributed by atoms with Crippen LogP contribution in [0.4, 0.5) is 0 Å². The highest BCUT2D eigenvalue weighted by atomic mass is 35.5. The zero-order chi connectivity index (χ0) is 14.0. The van der Waals surface area contributed by atoms with Crippen molar-refractivity contribution in [3.8, 4) is 5.75 Å². The van der Waals surface area contributed by atoms with Crippen molar-refractivity contribution in [2.75, 3.05) is 26.2 Å². The van der Waals surface area contributed by atoms with Gasteiger partial charge in [-0.15, -0.1) is 12.4 Å². The molecule has 0 aromatic heterocycles. The fraction of sp³-hybridized carbons (Fsp3) is 0.647. The third kappa shape index (κ3) is 4.60. The van der Waals surface area contributed by atoms with E-state index in [2.05, 4.69) is 36.1 Å². The van der Waals surface area contributed by atoms with Crippen molar-refractivity contribution in [1.82, 2.24) is 4.90 Å². The van der Waals surface area contributed by atoms with Crippen molar-refractivity contribution in [2.24, 2.45) is 17.1 Å². The van der Waals surface area contributed by atoms with Gasteiger partial charge in [0.1, 0.15) is 5.75 Å². The molecule has 4 heteroatoms. The summed E-state index contributed by atoms with van der Waals surface area (Å²) in [6.45, 7) is 7.27. The molecule has 0 radical (unpaired) electrons. The Morgan fingerprint density at radius 2 is 2.00 bits per heavy atom. The molecule has 0 spiro atoms. The first-order valence-electron chi connectivity index (χ1n) is 7.81. The first kappa shape index (κ1) is 16.6. The van der Waals surface area contributed by atoms with Gasteiger partial charge in [-0.3, -0.25) is 4.90 Å². The first-order chi connectivity index (χ1) is 9.67. The summed E-state index contributed by atoms with van der Waals surface area (Å²) < 4.78 is 5.78. The Kier molecular flexibility index (Phi) is 5.53. The maximum absolute atomic E-state index is 5.86. The Hall–Kier alpha value is -0.770. The Morgan fingerprint density at radius 1 is 1.29 bits per heavy atom. The highest BCUT2D eigenvalue weighted by molar-refractivity contribution is 5.85. The third-order valence-electron chi connectivity index (χ3n) is 4.64. The summed E-state index contributed by atoms with van der Waals surface area (Å²) in [6, 6.07) is 8.60. The van der Waals surface area contributed by atoms with Crippen molar-refractivity contribution >= 4 is 12.4 Å². The molecule has 1 heterocycles. The average Bonchev–Trinajstić information content (AvgIpc) is 3.22. The monoisotopic (exact) mass is 310 g/mol. The lowest BCUT2D eigenvalue weighted by molar-refractivity contribution is 0.274. The topological polar surface area (TPSA) is 38.5 Å². The number of likely N-dealkylation sites (tertiary alicyclic amines) is 1. The minimum absolute atomic E-state index is 0. The summed E-state index contributed by atoms with van der Waals surface area (Å²) in [5.41, 5.74) is 7.54. The molecule has 118 valence electrons. The van der Waals surface area contributed by atoms with Gasteiger partial charge in [0, 0.05) is 13.1 Å². The minimum Gasteiger partial charge on any atom is -0.493 e. The van der Waals surface area contributed by atoms with E-state index in [4.69, 9.17) is 10.5 Å². The molecule has 1 unspecified atom stereocenters. The predicted octanol–water partition coefficient (Wildman–Crippen LogP) is 3.07. The number of halogens is 1. The number of rotatable bonds is 6. The normalized spacial score (nSPS) is 25.6. The van der Waals surface area contributed by atoms with Gasteiger partial charge >= 0.3 is 0 Å². The number of hydrogen-bond acceptors (Lipinski definition) is 3. The molecule has 1 saturated heterocycles. The lowest BCUT2D eigenvalue weighted by Crippen LogP contribution is -2.31. The molecule has 3 nitrogen and oxygen atoms in total. The molecular formula is C17H27ClN2O. The highest BCUT2D eigenvalue weighted by Gasteiger charge is 2.32. The molecule has 1 aliphatic carbocycles. The predicted molar refractivity (Wildman–Crippen MR) is 89.0 cm³/mol. The summed E-state index contributed by atoms with van der Waals surface area (Å²) in [5.74, 6) is 1.82. The van der Waals surface area contributed by atoms with E-state index in [-0.39, 0.29) is 12.4 Å². The van der Waals surface area contributed by atoms with E-state index in [9.17, 15) is 0 Å². The number of nitrogens with two attached hydrogens (primary N) is 1. The molecule has 2 fully saturated rings. The fourth-order valence-corrected chi connectivity index (χ4v) is 2.88. The van der Waals surface area contributed by atoms with E-state index in [1.807, 2.05) is 0 Å². The Morgan fingerprint density at radius 3 is 2.57 bits per heavy atom. The molecule has 3 rings (SSSR count). The summed E-state index contributed by atoms with van der Waals surface area (Å²) in [4.78, 5) is 2.51. The van der Waals surface area contributed by atoms with Gasteiger partial charge in [0.15, 0.2) is 0 Å². The molecule has 1 aromatic rings. The second-order valence-electron chi connectivity index (χ2n) is 6.87. The standard InChI is InChI=1S/C17H26N2O.ClH/c1-17(12-18)8-9-19(13-17)10-14-4-6-16(7-5-14)20-11-15-2-3-15;/h4-7,15H,2-3,8-13,18H2,1H3;1H. The van der Waals surface area contributed by atoms with Crippen molar-refractivity contribution < 1.29 is 4.74 Å². The number of benzene rings is 1. The second kappa shape index (κ2) is 6.99. The van der Waals surface area contributed by atoms with Crippen LogP contribution in [0.2, 0.25) is 0 Å². The van der Waals surface area contributed by atoms with Gasteiger partial charge in [0.05, 0.1) is 6.61 Å². The molecule has 21 heavy (non-hydrogen) atoms. The van der Waals surface area contributed by atoms with E-state index in [0.717, 1.165) is 44.5 Å². The smallest absolute Gasteiger partial charge is 0.119 e. The van der Waals surface area contributed by atoms with Crippen LogP contribution < -0.4 is 10.5 Å². The maximum Gasteiger partial charge on any atom is 0.119 e. The molecule has 2 aliphatic rings. The summed E-state index contributed by atoms with van der Waals surface area (Å²) in [7, 11) is 0. The van der Waals surface area contributed by atoms with Crippen LogP contribution in [0.1, 0.15) is 31.7 Å². The van der Waals surface area contributed by atoms with Crippen LogP contribution in [0, 0.1) is 11.3 Å². The molecule has 1 saturated carbocycles. The van der Waals surface area contributed by atoms with Crippen molar-refractivity contribution in [2.45, 2.75) is 32.7 Å². The Bertz CT molecular complexity index is 447. The van der Waals surface area contributed by atoms with Crippen LogP contribution in [-0.2, 0) is 6.54 Å². The summed E-state index contributed by atoms with van der Waals surface area (Å²) in [5, 5.41) is 0. The number of ether oxygens (including phenoxy) is 1. The van der Waals surface area contributed by atoms with Gasteiger partial charge in [-0.25, -0.2) is 0 Å². The molecule has 1 aliphatic heterocycles. The van der Waals surface area contributed by atoms with E-state index >= 15 is 0 Å². The van der Waals surface area contributed by atoms with E-state index in [1.54, 1.807) is 0 Å². The third-order valence-corrected chi connectivity index (χ3v) is 4.64. The van der Waals surface area contributed by atoms with Gasteiger partial charge < -0.3 is 10.5 Å². The molecule has 0 bridgehead atoms. The largest absolute Gasteiger partial charge is 0.493 e. The van der Waals surface area contributed by atoms with Crippen LogP contribution in [0.15, 0.2) is 24.3 Å². The number of nitrogens with zero attached hydrogens (tertiary/aromatic N) is 1. The van der Waals surface area contributed by atoms with E-state index in [0.29, 0.717) is 5.41 Å². The van der Waals surface area contributed by atoms with Gasteiger partial charge in [0.25, 0.3) is 0 Å². The van der Waals surface area contributed by atoms with Gasteiger partial charge in [-0.05, 0) is 61.4 Å². The van der Waals surface area contributed by atoms with Crippen molar-refractivity contribution in [1.29, 1.82) is 0 Å². The average molecular weight is 311 g/mol. The van der Waals surface area contributed by atoms with Gasteiger partial charge in [-0.2, -0.15) is 0 Å². The minimum atomic E-state index is 0. The SMILES string of the molecule is CC1(CN)CCN(Cc2ccc(OCC3CC3)cc2)C1.Cl. The van der Waals surface area contributed by atoms with Crippen molar-refractivity contribution in [3.05, 3.63) is 29.8 Å². The Labute approximate surface area is 134 Å². The second-order valence-corrected chi connectivity index (χ2v) is 6.87. The fourth-order valence-electron chi connectivity index (χ4n) is 2.88. The molecule has 2 N–H and O–H groups in total. The molecular weight excluding hydrogens is 284 g/mol. The van der Waals surface area contributed by atoms with E-state index in [1.165, 1.54) is 24.8 Å². The summed E-state index contributed by atoms with van der Waals surface area (Å²) >= 11 is 0. The molecule has 1 aromatic carbocycles. The zero-order valence-electron chi connectivity index (χ0n) is 12.9. The lowest BCUT2D eigenvalue weighted by atomic mass is 9.90. The van der Waals surface area contributed by atoms with Crippen LogP contribution >= 0.6 is 12.4 Å². The zero-order valence-corrected chi connectivity index (χ0v) is 13.7. The van der Waals surface area contributed by atoms with E-state index < -0.39 is 0 Å². The highest BCUT2D eigenvalue weighted by Crippen LogP contribution is 2.31. The van der Waals surface area contributed by atoms with Crippen LogP contribution in [0.25, 0.3) is 0 Å². The van der Waals surface area contributed by atoms with Crippen molar-refractivity contribution in [3.63, 3.8) is 0 Å². The molecule has 1 atom stereocenters. The quantitative estimate of drug-likeness (QED) is 0.877. The number of hydrogen-bond donors (Lipinski definition) is 1. The van der Waals surface area contributed by atoms with Gasteiger partial charge in [0.2, 0.25) is 0 Å². The maximum atomic E-state index is 5.86. The molecule has 0 amide bonds. The van der Waals surface area contributed by atoms with Crippen LogP contribution in [-0.4, -0.2) is 31.1 Å². The van der Waals surface area contributed by atoms with Crippen LogP contribution in [0.3, 0.4) is 0 Å². The Balaban J connectivity index is 0.00000161. The lowest BCUT2D eigenvalue weighted by Gasteiger charge is -2.22. The van der Waals surface area contributed by atoms with Gasteiger partial charge in [-0.1, -0.05) is 19.1 Å². The van der Waals surface area contributed by atoms with Crippen LogP contribution in [0.5, 0.6) is 5.75 Å². The summed E-state index contributed by atoms with van der Waals surface area (Å²) in [6.07, 6.45) is 3.89.